The lowest BCUT2D eigenvalue weighted by Crippen LogP contribution is -2.24. The lowest BCUT2D eigenvalue weighted by Gasteiger charge is -2.13. The van der Waals surface area contributed by atoms with Crippen LogP contribution < -0.4 is 5.73 Å². The summed E-state index contributed by atoms with van der Waals surface area (Å²) in [6, 6.07) is 0. The summed E-state index contributed by atoms with van der Waals surface area (Å²) in [5, 5.41) is 0. The molecule has 0 aromatic rings. The molecular formula is C10H22N2O. The highest BCUT2D eigenvalue weighted by Crippen LogP contribution is 2.05. The van der Waals surface area contributed by atoms with Crippen molar-refractivity contribution >= 4 is 0 Å². The Morgan fingerprint density at radius 3 is 2.54 bits per heavy atom. The average Bonchev–Trinajstić information content (AvgIpc) is 2.63. The predicted molar refractivity (Wildman–Crippen MR) is 54.8 cm³/mol. The van der Waals surface area contributed by atoms with Gasteiger partial charge in [-0.1, -0.05) is 0 Å². The summed E-state index contributed by atoms with van der Waals surface area (Å²) in [6.07, 6.45) is 4.93. The Morgan fingerprint density at radius 2 is 1.85 bits per heavy atom. The Labute approximate surface area is 81.2 Å². The van der Waals surface area contributed by atoms with Gasteiger partial charge in [0.15, 0.2) is 0 Å². The third-order valence-corrected chi connectivity index (χ3v) is 2.49. The molecule has 3 nitrogen and oxygen atoms in total. The fourth-order valence-corrected chi connectivity index (χ4v) is 1.65. The summed E-state index contributed by atoms with van der Waals surface area (Å²) in [6.45, 7) is 6.21. The number of unbranched alkanes of at least 4 members (excludes halogenated alkanes) is 1. The Hall–Kier alpha value is -0.120. The molecule has 0 amide bonds. The van der Waals surface area contributed by atoms with Gasteiger partial charge in [-0.15, -0.1) is 0 Å². The molecular weight excluding hydrogens is 164 g/mol. The Kier molecular flexibility index (Phi) is 6.15. The van der Waals surface area contributed by atoms with Crippen molar-refractivity contribution in [3.63, 3.8) is 0 Å². The molecule has 2 N–H and O–H groups in total. The molecule has 0 aliphatic carbocycles. The molecule has 13 heavy (non-hydrogen) atoms. The number of likely N-dealkylation sites (tertiary alicyclic amines) is 1. The van der Waals surface area contributed by atoms with Crippen LogP contribution in [-0.4, -0.2) is 44.3 Å². The Bertz CT molecular complexity index is 113. The van der Waals surface area contributed by atoms with Crippen molar-refractivity contribution in [1.82, 2.24) is 4.90 Å². The van der Waals surface area contributed by atoms with E-state index in [9.17, 15) is 0 Å². The van der Waals surface area contributed by atoms with Crippen LogP contribution in [0.3, 0.4) is 0 Å². The molecule has 1 rings (SSSR count). The number of rotatable bonds is 7. The highest BCUT2D eigenvalue weighted by atomic mass is 16.5. The molecule has 0 aromatic heterocycles. The third-order valence-electron chi connectivity index (χ3n) is 2.49. The number of hydrogen-bond donors (Lipinski definition) is 1. The maximum atomic E-state index is 5.50. The molecule has 1 aliphatic heterocycles. The van der Waals surface area contributed by atoms with Crippen molar-refractivity contribution < 1.29 is 4.74 Å². The van der Waals surface area contributed by atoms with Gasteiger partial charge in [0, 0.05) is 13.2 Å². The van der Waals surface area contributed by atoms with Gasteiger partial charge in [-0.3, -0.25) is 0 Å². The molecule has 0 saturated carbocycles. The van der Waals surface area contributed by atoms with E-state index in [2.05, 4.69) is 4.90 Å². The fourth-order valence-electron chi connectivity index (χ4n) is 1.65. The SMILES string of the molecule is NCCCCOCCN1CCCC1. The number of hydrogen-bond acceptors (Lipinski definition) is 3. The lowest BCUT2D eigenvalue weighted by molar-refractivity contribution is 0.108. The van der Waals surface area contributed by atoms with Gasteiger partial charge in [-0.25, -0.2) is 0 Å². The van der Waals surface area contributed by atoms with Crippen LogP contribution in [0.1, 0.15) is 25.7 Å². The van der Waals surface area contributed by atoms with E-state index in [0.29, 0.717) is 0 Å². The van der Waals surface area contributed by atoms with Gasteiger partial charge in [0.2, 0.25) is 0 Å². The monoisotopic (exact) mass is 186 g/mol. The van der Waals surface area contributed by atoms with Crippen molar-refractivity contribution in [2.75, 3.05) is 39.4 Å². The molecule has 0 unspecified atom stereocenters. The van der Waals surface area contributed by atoms with Gasteiger partial charge in [-0.2, -0.15) is 0 Å². The van der Waals surface area contributed by atoms with Gasteiger partial charge in [0.1, 0.15) is 0 Å². The number of nitrogens with zero attached hydrogens (tertiary/aromatic N) is 1. The van der Waals surface area contributed by atoms with E-state index >= 15 is 0 Å². The minimum absolute atomic E-state index is 0.787. The van der Waals surface area contributed by atoms with Gasteiger partial charge in [0.05, 0.1) is 6.61 Å². The van der Waals surface area contributed by atoms with E-state index in [4.69, 9.17) is 10.5 Å². The van der Waals surface area contributed by atoms with Crippen LogP contribution >= 0.6 is 0 Å². The summed E-state index contributed by atoms with van der Waals surface area (Å²) in [5.74, 6) is 0. The zero-order valence-corrected chi connectivity index (χ0v) is 8.50. The first-order valence-corrected chi connectivity index (χ1v) is 5.43. The fraction of sp³-hybridized carbons (Fsp3) is 1.00. The Morgan fingerprint density at radius 1 is 1.08 bits per heavy atom. The molecule has 1 fully saturated rings. The maximum Gasteiger partial charge on any atom is 0.0593 e. The highest BCUT2D eigenvalue weighted by Gasteiger charge is 2.09. The van der Waals surface area contributed by atoms with E-state index in [1.54, 1.807) is 0 Å². The van der Waals surface area contributed by atoms with E-state index in [1.807, 2.05) is 0 Å². The smallest absolute Gasteiger partial charge is 0.0593 e. The number of nitrogens with two attached hydrogens (primary N) is 1. The van der Waals surface area contributed by atoms with Crippen LogP contribution in [0.5, 0.6) is 0 Å². The van der Waals surface area contributed by atoms with Crippen LogP contribution in [0.25, 0.3) is 0 Å². The molecule has 1 saturated heterocycles. The topological polar surface area (TPSA) is 38.5 Å². The first-order chi connectivity index (χ1) is 6.43. The molecule has 3 heteroatoms. The predicted octanol–water partition coefficient (Wildman–Crippen LogP) is 0.838. The van der Waals surface area contributed by atoms with Gasteiger partial charge in [0.25, 0.3) is 0 Å². The van der Waals surface area contributed by atoms with Crippen molar-refractivity contribution in [2.24, 2.45) is 5.73 Å². The zero-order chi connectivity index (χ0) is 9.36. The molecule has 0 bridgehead atoms. The maximum absolute atomic E-state index is 5.50. The molecule has 1 heterocycles. The van der Waals surface area contributed by atoms with Crippen molar-refractivity contribution in [1.29, 1.82) is 0 Å². The van der Waals surface area contributed by atoms with Crippen molar-refractivity contribution in [2.45, 2.75) is 25.7 Å². The molecule has 1 aliphatic rings. The first-order valence-electron chi connectivity index (χ1n) is 5.43. The zero-order valence-electron chi connectivity index (χ0n) is 8.50. The molecule has 0 spiro atoms. The van der Waals surface area contributed by atoms with E-state index < -0.39 is 0 Å². The summed E-state index contributed by atoms with van der Waals surface area (Å²) in [4.78, 5) is 2.48. The molecule has 0 atom stereocenters. The summed E-state index contributed by atoms with van der Waals surface area (Å²) >= 11 is 0. The van der Waals surface area contributed by atoms with Crippen LogP contribution in [0, 0.1) is 0 Å². The normalized spacial score (nSPS) is 18.2. The second-order valence-electron chi connectivity index (χ2n) is 3.66. The van der Waals surface area contributed by atoms with Gasteiger partial charge in [-0.05, 0) is 45.3 Å². The quantitative estimate of drug-likeness (QED) is 0.599. The average molecular weight is 186 g/mol. The number of ether oxygens (including phenoxy) is 1. The third kappa shape index (κ3) is 5.24. The highest BCUT2D eigenvalue weighted by molar-refractivity contribution is 4.64. The molecule has 0 aromatic carbocycles. The molecule has 78 valence electrons. The van der Waals surface area contributed by atoms with E-state index in [0.717, 1.165) is 39.1 Å². The van der Waals surface area contributed by atoms with Crippen LogP contribution in [0.2, 0.25) is 0 Å². The van der Waals surface area contributed by atoms with Gasteiger partial charge >= 0.3 is 0 Å². The van der Waals surface area contributed by atoms with Crippen LogP contribution in [-0.2, 0) is 4.74 Å². The standard InChI is InChI=1S/C10H22N2O/c11-5-1-4-9-13-10-8-12-6-2-3-7-12/h1-11H2. The summed E-state index contributed by atoms with van der Waals surface area (Å²) in [7, 11) is 0. The molecule has 0 radical (unpaired) electrons. The Balaban J connectivity index is 1.78. The van der Waals surface area contributed by atoms with Crippen LogP contribution in [0.4, 0.5) is 0 Å². The lowest BCUT2D eigenvalue weighted by atomic mass is 10.3. The largest absolute Gasteiger partial charge is 0.380 e. The summed E-state index contributed by atoms with van der Waals surface area (Å²) in [5.41, 5.74) is 5.38. The van der Waals surface area contributed by atoms with E-state index in [1.165, 1.54) is 25.9 Å². The second-order valence-corrected chi connectivity index (χ2v) is 3.66. The summed E-state index contributed by atoms with van der Waals surface area (Å²) < 4.78 is 5.50. The van der Waals surface area contributed by atoms with Gasteiger partial charge < -0.3 is 15.4 Å². The second kappa shape index (κ2) is 7.30. The first kappa shape index (κ1) is 11.0. The van der Waals surface area contributed by atoms with Crippen molar-refractivity contribution in [3.05, 3.63) is 0 Å². The van der Waals surface area contributed by atoms with Crippen molar-refractivity contribution in [3.8, 4) is 0 Å². The minimum Gasteiger partial charge on any atom is -0.380 e. The minimum atomic E-state index is 0.787. The van der Waals surface area contributed by atoms with E-state index in [-0.39, 0.29) is 0 Å². The van der Waals surface area contributed by atoms with Crippen LogP contribution in [0.15, 0.2) is 0 Å².